The summed E-state index contributed by atoms with van der Waals surface area (Å²) in [4.78, 5) is 15.4. The van der Waals surface area contributed by atoms with Crippen LogP contribution in [-0.4, -0.2) is 11.3 Å². The highest BCUT2D eigenvalue weighted by Crippen LogP contribution is 2.23. The van der Waals surface area contributed by atoms with Crippen molar-refractivity contribution in [1.82, 2.24) is 4.98 Å². The third-order valence-electron chi connectivity index (χ3n) is 3.36. The van der Waals surface area contributed by atoms with Crippen molar-refractivity contribution in [3.63, 3.8) is 0 Å². The summed E-state index contributed by atoms with van der Waals surface area (Å²) in [5, 5.41) is 0. The molecular formula is C19H15NO2. The molecule has 0 amide bonds. The number of benzene rings is 2. The Balaban J connectivity index is 1.74. The fourth-order valence-corrected chi connectivity index (χ4v) is 2.22. The van der Waals surface area contributed by atoms with Crippen molar-refractivity contribution in [2.24, 2.45) is 0 Å². The monoisotopic (exact) mass is 289 g/mol. The number of ether oxygens (including phenoxy) is 1. The van der Waals surface area contributed by atoms with Crippen LogP contribution in [0.15, 0.2) is 72.9 Å². The molecule has 1 heterocycles. The van der Waals surface area contributed by atoms with Crippen molar-refractivity contribution < 1.29 is 9.53 Å². The van der Waals surface area contributed by atoms with Crippen molar-refractivity contribution in [3.8, 4) is 17.0 Å². The van der Waals surface area contributed by atoms with E-state index in [4.69, 9.17) is 4.74 Å². The number of hydrogen-bond acceptors (Lipinski definition) is 3. The van der Waals surface area contributed by atoms with E-state index < -0.39 is 0 Å². The normalized spacial score (nSPS) is 10.2. The predicted octanol–water partition coefficient (Wildman–Crippen LogP) is 4.14. The van der Waals surface area contributed by atoms with Crippen LogP contribution < -0.4 is 4.74 Å². The van der Waals surface area contributed by atoms with Crippen LogP contribution in [0.2, 0.25) is 0 Å². The van der Waals surface area contributed by atoms with E-state index in [0.29, 0.717) is 18.1 Å². The molecule has 0 fully saturated rings. The maximum Gasteiger partial charge on any atom is 0.213 e. The summed E-state index contributed by atoms with van der Waals surface area (Å²) in [5.41, 5.74) is 3.52. The molecule has 2 aromatic carbocycles. The zero-order valence-electron chi connectivity index (χ0n) is 12.0. The Bertz CT molecular complexity index is 752. The first-order valence-corrected chi connectivity index (χ1v) is 7.04. The third-order valence-corrected chi connectivity index (χ3v) is 3.36. The van der Waals surface area contributed by atoms with Gasteiger partial charge in [0.25, 0.3) is 0 Å². The third kappa shape index (κ3) is 3.20. The minimum Gasteiger partial charge on any atom is -0.473 e. The first kappa shape index (κ1) is 14.0. The summed E-state index contributed by atoms with van der Waals surface area (Å²) in [6, 6.07) is 21.1. The lowest BCUT2D eigenvalue weighted by Crippen LogP contribution is -1.97. The molecule has 0 spiro atoms. The fraction of sp³-hybridized carbons (Fsp3) is 0.0526. The molecule has 3 nitrogen and oxygen atoms in total. The summed E-state index contributed by atoms with van der Waals surface area (Å²) in [5.74, 6) is 0.566. The Hall–Kier alpha value is -2.94. The molecule has 3 rings (SSSR count). The summed E-state index contributed by atoms with van der Waals surface area (Å²) >= 11 is 0. The van der Waals surface area contributed by atoms with Gasteiger partial charge in [0, 0.05) is 23.4 Å². The molecule has 0 unspecified atom stereocenters. The van der Waals surface area contributed by atoms with E-state index in [-0.39, 0.29) is 0 Å². The molecule has 3 heteroatoms. The molecule has 0 aliphatic rings. The number of nitrogens with zero attached hydrogens (tertiary/aromatic N) is 1. The summed E-state index contributed by atoms with van der Waals surface area (Å²) in [6.45, 7) is 0.484. The zero-order valence-corrected chi connectivity index (χ0v) is 12.0. The maximum absolute atomic E-state index is 11.1. The molecule has 0 saturated heterocycles. The minimum atomic E-state index is 0.484. The summed E-state index contributed by atoms with van der Waals surface area (Å²) < 4.78 is 5.66. The molecule has 0 aliphatic carbocycles. The van der Waals surface area contributed by atoms with Crippen molar-refractivity contribution >= 4 is 6.29 Å². The van der Waals surface area contributed by atoms with Crippen LogP contribution in [0.3, 0.4) is 0 Å². The average molecular weight is 289 g/mol. The molecule has 3 aromatic rings. The molecule has 0 bridgehead atoms. The Morgan fingerprint density at radius 2 is 1.68 bits per heavy atom. The van der Waals surface area contributed by atoms with Crippen molar-refractivity contribution in [2.45, 2.75) is 6.61 Å². The van der Waals surface area contributed by atoms with Crippen LogP contribution in [0.1, 0.15) is 15.9 Å². The largest absolute Gasteiger partial charge is 0.473 e. The van der Waals surface area contributed by atoms with E-state index in [2.05, 4.69) is 4.98 Å². The second-order valence-electron chi connectivity index (χ2n) is 4.86. The van der Waals surface area contributed by atoms with Gasteiger partial charge in [-0.15, -0.1) is 0 Å². The van der Waals surface area contributed by atoms with Crippen LogP contribution in [0.4, 0.5) is 0 Å². The van der Waals surface area contributed by atoms with Crippen molar-refractivity contribution in [2.75, 3.05) is 0 Å². The number of carbonyl (C=O) groups is 1. The van der Waals surface area contributed by atoms with Gasteiger partial charge in [-0.2, -0.15) is 0 Å². The van der Waals surface area contributed by atoms with Gasteiger partial charge in [-0.05, 0) is 17.2 Å². The minimum absolute atomic E-state index is 0.484. The van der Waals surface area contributed by atoms with E-state index in [9.17, 15) is 4.79 Å². The lowest BCUT2D eigenvalue weighted by atomic mass is 10.0. The van der Waals surface area contributed by atoms with Crippen LogP contribution >= 0.6 is 0 Å². The van der Waals surface area contributed by atoms with Gasteiger partial charge in [0.1, 0.15) is 6.61 Å². The first-order chi connectivity index (χ1) is 10.9. The highest BCUT2D eigenvalue weighted by molar-refractivity contribution is 5.87. The highest BCUT2D eigenvalue weighted by atomic mass is 16.5. The SMILES string of the molecule is O=Cc1ccccc1-c1ccc(OCc2ccccc2)nc1. The van der Waals surface area contributed by atoms with E-state index in [1.807, 2.05) is 60.7 Å². The molecule has 108 valence electrons. The molecule has 1 aromatic heterocycles. The van der Waals surface area contributed by atoms with Crippen LogP contribution in [-0.2, 0) is 6.61 Å². The van der Waals surface area contributed by atoms with Crippen molar-refractivity contribution in [1.29, 1.82) is 0 Å². The molecule has 22 heavy (non-hydrogen) atoms. The van der Waals surface area contributed by atoms with E-state index >= 15 is 0 Å². The van der Waals surface area contributed by atoms with Gasteiger partial charge in [-0.3, -0.25) is 4.79 Å². The molecular weight excluding hydrogens is 274 g/mol. The highest BCUT2D eigenvalue weighted by Gasteiger charge is 2.05. The first-order valence-electron chi connectivity index (χ1n) is 7.04. The van der Waals surface area contributed by atoms with Gasteiger partial charge < -0.3 is 4.74 Å². The van der Waals surface area contributed by atoms with Crippen LogP contribution in [0, 0.1) is 0 Å². The zero-order chi connectivity index (χ0) is 15.2. The van der Waals surface area contributed by atoms with Gasteiger partial charge in [0.15, 0.2) is 6.29 Å². The van der Waals surface area contributed by atoms with Gasteiger partial charge in [0.2, 0.25) is 5.88 Å². The summed E-state index contributed by atoms with van der Waals surface area (Å²) in [7, 11) is 0. The smallest absolute Gasteiger partial charge is 0.213 e. The molecule has 0 N–H and O–H groups in total. The van der Waals surface area contributed by atoms with Crippen molar-refractivity contribution in [3.05, 3.63) is 84.1 Å². The average Bonchev–Trinajstić information content (AvgIpc) is 2.61. The number of rotatable bonds is 5. The number of aromatic nitrogens is 1. The van der Waals surface area contributed by atoms with Gasteiger partial charge in [-0.1, -0.05) is 54.6 Å². The second-order valence-corrected chi connectivity index (χ2v) is 4.86. The Morgan fingerprint density at radius 3 is 2.41 bits per heavy atom. The molecule has 0 aliphatic heterocycles. The van der Waals surface area contributed by atoms with Crippen LogP contribution in [0.25, 0.3) is 11.1 Å². The Morgan fingerprint density at radius 1 is 0.909 bits per heavy atom. The number of hydrogen-bond donors (Lipinski definition) is 0. The molecule has 0 atom stereocenters. The van der Waals surface area contributed by atoms with Gasteiger partial charge in [-0.25, -0.2) is 4.98 Å². The Labute approximate surface area is 129 Å². The maximum atomic E-state index is 11.1. The fourth-order valence-electron chi connectivity index (χ4n) is 2.22. The van der Waals surface area contributed by atoms with Crippen LogP contribution in [0.5, 0.6) is 5.88 Å². The topological polar surface area (TPSA) is 39.2 Å². The standard InChI is InChI=1S/C19H15NO2/c21-13-17-8-4-5-9-18(17)16-10-11-19(20-12-16)22-14-15-6-2-1-3-7-15/h1-13H,14H2. The molecule has 0 saturated carbocycles. The molecule has 0 radical (unpaired) electrons. The number of aldehydes is 1. The van der Waals surface area contributed by atoms with Gasteiger partial charge >= 0.3 is 0 Å². The van der Waals surface area contributed by atoms with E-state index in [1.54, 1.807) is 12.3 Å². The van der Waals surface area contributed by atoms with Gasteiger partial charge in [0.05, 0.1) is 0 Å². The van der Waals surface area contributed by atoms with E-state index in [0.717, 1.165) is 23.0 Å². The number of carbonyl (C=O) groups excluding carboxylic acids is 1. The Kier molecular flexibility index (Phi) is 4.25. The second kappa shape index (κ2) is 6.68. The lowest BCUT2D eigenvalue weighted by Gasteiger charge is -2.07. The quantitative estimate of drug-likeness (QED) is 0.663. The lowest BCUT2D eigenvalue weighted by molar-refractivity contribution is 0.112. The van der Waals surface area contributed by atoms with E-state index in [1.165, 1.54) is 0 Å². The predicted molar refractivity (Wildman–Crippen MR) is 85.8 cm³/mol. The summed E-state index contributed by atoms with van der Waals surface area (Å²) in [6.07, 6.45) is 2.58. The number of pyridine rings is 1.